The van der Waals surface area contributed by atoms with Gasteiger partial charge in [-0.05, 0) is 65.1 Å². The molecule has 0 aliphatic carbocycles. The van der Waals surface area contributed by atoms with Crippen molar-refractivity contribution in [2.45, 2.75) is 9.79 Å². The fourth-order valence-electron chi connectivity index (χ4n) is 1.47. The molecule has 2 aromatic carbocycles. The van der Waals surface area contributed by atoms with Crippen molar-refractivity contribution < 1.29 is 9.53 Å². The van der Waals surface area contributed by atoms with Crippen LogP contribution in [0.15, 0.2) is 52.3 Å². The van der Waals surface area contributed by atoms with E-state index < -0.39 is 5.97 Å². The number of carbonyl (C=O) groups excluding carboxylic acids is 1. The molecule has 0 aliphatic heterocycles. The van der Waals surface area contributed by atoms with Gasteiger partial charge in [0.15, 0.2) is 0 Å². The number of hydrogen-bond donors (Lipinski definition) is 0. The topological polar surface area (TPSA) is 26.3 Å². The Morgan fingerprint density at radius 2 is 1.79 bits per heavy atom. The van der Waals surface area contributed by atoms with Gasteiger partial charge in [-0.3, -0.25) is 0 Å². The maximum atomic E-state index is 11.4. The quantitative estimate of drug-likeness (QED) is 0.538. The average molecular weight is 405 g/mol. The zero-order chi connectivity index (χ0) is 13.8. The van der Waals surface area contributed by atoms with Crippen LogP contribution in [0, 0.1) is 3.57 Å². The summed E-state index contributed by atoms with van der Waals surface area (Å²) in [5.41, 5.74) is 0.385. The van der Waals surface area contributed by atoms with Gasteiger partial charge >= 0.3 is 5.97 Å². The van der Waals surface area contributed by atoms with E-state index in [0.717, 1.165) is 9.79 Å². The smallest absolute Gasteiger partial charge is 0.339 e. The largest absolute Gasteiger partial charge is 0.465 e. The van der Waals surface area contributed by atoms with Crippen LogP contribution in [-0.4, -0.2) is 13.1 Å². The van der Waals surface area contributed by atoms with Crippen molar-refractivity contribution in [2.75, 3.05) is 7.11 Å². The Bertz CT molecular complexity index is 599. The Labute approximate surface area is 134 Å². The molecule has 0 aliphatic rings. The van der Waals surface area contributed by atoms with Gasteiger partial charge in [0.25, 0.3) is 0 Å². The third kappa shape index (κ3) is 3.87. The molecular weight excluding hydrogens is 395 g/mol. The fourth-order valence-corrected chi connectivity index (χ4v) is 3.01. The van der Waals surface area contributed by atoms with Crippen LogP contribution in [0.2, 0.25) is 5.02 Å². The highest BCUT2D eigenvalue weighted by Crippen LogP contribution is 2.31. The average Bonchev–Trinajstić information content (AvgIpc) is 2.41. The minimum absolute atomic E-state index is 0.385. The standard InChI is InChI=1S/C14H10ClIO2S/c1-18-14(17)12-7-6-11(8-13(12)15)19-10-4-2-9(16)3-5-10/h2-8H,1H3. The maximum absolute atomic E-state index is 11.4. The van der Waals surface area contributed by atoms with Crippen LogP contribution in [0.25, 0.3) is 0 Å². The first-order chi connectivity index (χ1) is 9.10. The normalized spacial score (nSPS) is 10.3. The van der Waals surface area contributed by atoms with Gasteiger partial charge in [-0.15, -0.1) is 0 Å². The number of ether oxygens (including phenoxy) is 1. The van der Waals surface area contributed by atoms with Crippen LogP contribution in [0.3, 0.4) is 0 Å². The van der Waals surface area contributed by atoms with Crippen LogP contribution in [0.5, 0.6) is 0 Å². The van der Waals surface area contributed by atoms with Crippen LogP contribution in [0.1, 0.15) is 10.4 Å². The zero-order valence-corrected chi connectivity index (χ0v) is 13.8. The van der Waals surface area contributed by atoms with Crippen LogP contribution < -0.4 is 0 Å². The molecule has 0 bridgehead atoms. The maximum Gasteiger partial charge on any atom is 0.339 e. The minimum atomic E-state index is -0.421. The fraction of sp³-hybridized carbons (Fsp3) is 0.0714. The number of carbonyl (C=O) groups is 1. The molecule has 0 heterocycles. The van der Waals surface area contributed by atoms with Crippen molar-refractivity contribution in [3.8, 4) is 0 Å². The molecule has 0 unspecified atom stereocenters. The van der Waals surface area contributed by atoms with Gasteiger partial charge in [0.2, 0.25) is 0 Å². The van der Waals surface area contributed by atoms with E-state index in [1.165, 1.54) is 10.7 Å². The lowest BCUT2D eigenvalue weighted by Crippen LogP contribution is -2.01. The lowest BCUT2D eigenvalue weighted by Gasteiger charge is -2.06. The van der Waals surface area contributed by atoms with Gasteiger partial charge in [0.05, 0.1) is 17.7 Å². The van der Waals surface area contributed by atoms with Crippen molar-refractivity contribution in [1.29, 1.82) is 0 Å². The van der Waals surface area contributed by atoms with Crippen molar-refractivity contribution in [3.05, 3.63) is 56.6 Å². The summed E-state index contributed by atoms with van der Waals surface area (Å²) >= 11 is 9.94. The van der Waals surface area contributed by atoms with Crippen LogP contribution in [0.4, 0.5) is 0 Å². The molecule has 0 amide bonds. The molecule has 0 aromatic heterocycles. The number of rotatable bonds is 3. The van der Waals surface area contributed by atoms with Crippen molar-refractivity contribution >= 4 is 51.9 Å². The van der Waals surface area contributed by atoms with Gasteiger partial charge < -0.3 is 4.74 Å². The Balaban J connectivity index is 2.20. The van der Waals surface area contributed by atoms with Gasteiger partial charge in [-0.1, -0.05) is 23.4 Å². The number of esters is 1. The second kappa shape index (κ2) is 6.63. The van der Waals surface area contributed by atoms with E-state index in [2.05, 4.69) is 39.5 Å². The van der Waals surface area contributed by atoms with Gasteiger partial charge in [-0.2, -0.15) is 0 Å². The van der Waals surface area contributed by atoms with E-state index in [4.69, 9.17) is 11.6 Å². The number of halogens is 2. The summed E-state index contributed by atoms with van der Waals surface area (Å²) in [6.45, 7) is 0. The SMILES string of the molecule is COC(=O)c1ccc(Sc2ccc(I)cc2)cc1Cl. The molecule has 0 N–H and O–H groups in total. The second-order valence-corrected chi connectivity index (χ2v) is 6.49. The molecule has 0 saturated heterocycles. The summed E-state index contributed by atoms with van der Waals surface area (Å²) in [7, 11) is 1.34. The lowest BCUT2D eigenvalue weighted by atomic mass is 10.2. The van der Waals surface area contributed by atoms with E-state index in [0.29, 0.717) is 10.6 Å². The third-order valence-electron chi connectivity index (χ3n) is 2.40. The first-order valence-corrected chi connectivity index (χ1v) is 7.69. The van der Waals surface area contributed by atoms with Gasteiger partial charge in [-0.25, -0.2) is 4.79 Å². The van der Waals surface area contributed by atoms with Crippen LogP contribution in [-0.2, 0) is 4.74 Å². The highest BCUT2D eigenvalue weighted by molar-refractivity contribution is 14.1. The first-order valence-electron chi connectivity index (χ1n) is 5.41. The summed E-state index contributed by atoms with van der Waals surface area (Å²) in [5.74, 6) is -0.421. The Morgan fingerprint density at radius 3 is 2.37 bits per heavy atom. The molecule has 0 spiro atoms. The highest BCUT2D eigenvalue weighted by Gasteiger charge is 2.11. The predicted octanol–water partition coefficient (Wildman–Crippen LogP) is 4.88. The molecule has 0 atom stereocenters. The molecule has 2 aromatic rings. The zero-order valence-electron chi connectivity index (χ0n) is 10.0. The molecule has 0 fully saturated rings. The summed E-state index contributed by atoms with van der Waals surface area (Å²) in [4.78, 5) is 13.5. The number of benzene rings is 2. The van der Waals surface area contributed by atoms with E-state index in [-0.39, 0.29) is 0 Å². The first kappa shape index (κ1) is 14.7. The monoisotopic (exact) mass is 404 g/mol. The molecule has 0 radical (unpaired) electrons. The summed E-state index contributed by atoms with van der Waals surface area (Å²) in [5, 5.41) is 0.405. The van der Waals surface area contributed by atoms with E-state index in [1.807, 2.05) is 18.2 Å². The Hall–Kier alpha value is -0.720. The third-order valence-corrected chi connectivity index (χ3v) is 4.42. The lowest BCUT2D eigenvalue weighted by molar-refractivity contribution is 0.0601. The van der Waals surface area contributed by atoms with E-state index >= 15 is 0 Å². The predicted molar refractivity (Wildman–Crippen MR) is 86.1 cm³/mol. The molecule has 98 valence electrons. The number of methoxy groups -OCH3 is 1. The molecule has 0 saturated carbocycles. The minimum Gasteiger partial charge on any atom is -0.465 e. The Morgan fingerprint density at radius 1 is 1.16 bits per heavy atom. The molecule has 2 nitrogen and oxygen atoms in total. The molecular formula is C14H10ClIO2S. The number of hydrogen-bond acceptors (Lipinski definition) is 3. The summed E-state index contributed by atoms with van der Waals surface area (Å²) < 4.78 is 5.85. The summed E-state index contributed by atoms with van der Waals surface area (Å²) in [6.07, 6.45) is 0. The highest BCUT2D eigenvalue weighted by atomic mass is 127. The van der Waals surface area contributed by atoms with Crippen molar-refractivity contribution in [3.63, 3.8) is 0 Å². The van der Waals surface area contributed by atoms with E-state index in [1.54, 1.807) is 23.9 Å². The van der Waals surface area contributed by atoms with Crippen molar-refractivity contribution in [2.24, 2.45) is 0 Å². The van der Waals surface area contributed by atoms with Gasteiger partial charge in [0.1, 0.15) is 0 Å². The van der Waals surface area contributed by atoms with E-state index in [9.17, 15) is 4.79 Å². The second-order valence-electron chi connectivity index (χ2n) is 3.69. The molecule has 5 heteroatoms. The molecule has 2 rings (SSSR count). The Kier molecular flexibility index (Phi) is 5.13. The van der Waals surface area contributed by atoms with Crippen molar-refractivity contribution in [1.82, 2.24) is 0 Å². The van der Waals surface area contributed by atoms with Gasteiger partial charge in [0, 0.05) is 13.4 Å². The van der Waals surface area contributed by atoms with Crippen LogP contribution >= 0.6 is 46.0 Å². The summed E-state index contributed by atoms with van der Waals surface area (Å²) in [6, 6.07) is 13.5. The molecule has 19 heavy (non-hydrogen) atoms.